The third-order valence-corrected chi connectivity index (χ3v) is 7.81. The van der Waals surface area contributed by atoms with Gasteiger partial charge in [-0.1, -0.05) is 70.5 Å². The molecule has 0 saturated carbocycles. The third kappa shape index (κ3) is 3.48. The number of rotatable bonds is 3. The maximum atomic E-state index is 2.94. The summed E-state index contributed by atoms with van der Waals surface area (Å²) in [7, 11) is -1.53. The van der Waals surface area contributed by atoms with Crippen molar-refractivity contribution in [1.82, 2.24) is 0 Å². The molecule has 0 bridgehead atoms. The van der Waals surface area contributed by atoms with E-state index >= 15 is 0 Å². The van der Waals surface area contributed by atoms with Crippen LogP contribution in [-0.4, -0.2) is 12.5 Å². The van der Waals surface area contributed by atoms with Gasteiger partial charge in [-0.25, -0.2) is 0 Å². The molecule has 3 aromatic rings. The molecule has 0 N–H and O–H groups in total. The summed E-state index contributed by atoms with van der Waals surface area (Å²) in [5.74, 6) is 1.81. The lowest BCUT2D eigenvalue weighted by Gasteiger charge is -2.22. The molecule has 0 aromatic heterocycles. The Labute approximate surface area is 142 Å². The smallest absolute Gasteiger partial charge is 0.0966 e. The Kier molecular flexibility index (Phi) is 6.36. The highest BCUT2D eigenvalue weighted by molar-refractivity contribution is 9.08. The van der Waals surface area contributed by atoms with E-state index in [9.17, 15) is 0 Å². The van der Waals surface area contributed by atoms with Crippen LogP contribution in [0, 0.1) is 0 Å². The van der Waals surface area contributed by atoms with E-state index in [0.29, 0.717) is 0 Å². The zero-order valence-corrected chi connectivity index (χ0v) is 15.5. The Morgan fingerprint density at radius 3 is 0.955 bits per heavy atom. The molecule has 0 fully saturated rings. The number of hydrogen-bond donors (Lipinski definition) is 0. The van der Waals surface area contributed by atoms with Gasteiger partial charge in [-0.15, -0.1) is 0 Å². The molecule has 0 unspecified atom stereocenters. The van der Waals surface area contributed by atoms with Crippen LogP contribution in [0.3, 0.4) is 0 Å². The van der Waals surface area contributed by atoms with E-state index in [1.165, 1.54) is 15.9 Å². The summed E-state index contributed by atoms with van der Waals surface area (Å²) in [6.07, 6.45) is 0. The van der Waals surface area contributed by atoms with Gasteiger partial charge in [-0.2, -0.15) is 0 Å². The van der Waals surface area contributed by atoms with Crippen LogP contribution in [0.4, 0.5) is 0 Å². The Balaban J connectivity index is 0.000000847. The summed E-state index contributed by atoms with van der Waals surface area (Å²) >= 11 is 2.94. The van der Waals surface area contributed by atoms with Crippen molar-refractivity contribution in [2.24, 2.45) is 0 Å². The van der Waals surface area contributed by atoms with Gasteiger partial charge in [0.25, 0.3) is 0 Å². The molecule has 0 radical (unpaired) electrons. The van der Waals surface area contributed by atoms with Gasteiger partial charge in [0.05, 0.1) is 6.66 Å². The van der Waals surface area contributed by atoms with Crippen LogP contribution in [0.15, 0.2) is 91.0 Å². The van der Waals surface area contributed by atoms with Gasteiger partial charge in [-0.3, -0.25) is 0 Å². The van der Waals surface area contributed by atoms with Crippen molar-refractivity contribution < 1.29 is 0 Å². The molecule has 22 heavy (non-hydrogen) atoms. The van der Waals surface area contributed by atoms with Crippen molar-refractivity contribution in [3.8, 4) is 0 Å². The van der Waals surface area contributed by atoms with Crippen LogP contribution >= 0.6 is 23.2 Å². The van der Waals surface area contributed by atoms with Crippen LogP contribution in [0.1, 0.15) is 0 Å². The number of hydrogen-bond acceptors (Lipinski definition) is 0. The molecule has 0 heterocycles. The van der Waals surface area contributed by atoms with Gasteiger partial charge in [0, 0.05) is 0 Å². The number of benzene rings is 3. The minimum absolute atomic E-state index is 1.43. The molecule has 112 valence electrons. The quantitative estimate of drug-likeness (QED) is 0.465. The van der Waals surface area contributed by atoms with Crippen LogP contribution in [0.2, 0.25) is 0 Å². The largest absolute Gasteiger partial charge is 0.109 e. The predicted octanol–water partition coefficient (Wildman–Crippen LogP) is 4.62. The summed E-state index contributed by atoms with van der Waals surface area (Å²) in [6, 6.07) is 32.6. The van der Waals surface area contributed by atoms with Crippen LogP contribution < -0.4 is 15.9 Å². The molecule has 0 saturated heterocycles. The average Bonchev–Trinajstić information content (AvgIpc) is 2.65. The van der Waals surface area contributed by atoms with E-state index in [1.807, 2.05) is 5.83 Å². The zero-order chi connectivity index (χ0) is 15.8. The van der Waals surface area contributed by atoms with Gasteiger partial charge >= 0.3 is 0 Å². The fraction of sp³-hybridized carbons (Fsp3) is 0.100. The summed E-state index contributed by atoms with van der Waals surface area (Å²) in [5.41, 5.74) is 0. The van der Waals surface area contributed by atoms with Gasteiger partial charge in [0.15, 0.2) is 0 Å². The minimum Gasteiger partial charge on any atom is -0.0966 e. The van der Waals surface area contributed by atoms with Crippen molar-refractivity contribution in [1.29, 1.82) is 0 Å². The zero-order valence-electron chi connectivity index (χ0n) is 13.0. The van der Waals surface area contributed by atoms with Gasteiger partial charge in [0.1, 0.15) is 23.2 Å². The molecule has 3 aromatic carbocycles. The second kappa shape index (κ2) is 8.27. The van der Waals surface area contributed by atoms with Gasteiger partial charge < -0.3 is 0 Å². The SMILES string of the molecule is CBr.C[P+](c1ccccc1)(c1ccccc1)c1ccccc1. The van der Waals surface area contributed by atoms with Gasteiger partial charge in [0.2, 0.25) is 0 Å². The topological polar surface area (TPSA) is 0 Å². The van der Waals surface area contributed by atoms with Crippen molar-refractivity contribution in [3.63, 3.8) is 0 Å². The van der Waals surface area contributed by atoms with Crippen molar-refractivity contribution in [2.45, 2.75) is 0 Å². The Morgan fingerprint density at radius 2 is 0.727 bits per heavy atom. The molecular weight excluding hydrogens is 351 g/mol. The fourth-order valence-electron chi connectivity index (χ4n) is 2.63. The molecule has 0 nitrogen and oxygen atoms in total. The molecule has 0 atom stereocenters. The number of halogens is 1. The first-order chi connectivity index (χ1) is 10.8. The Bertz CT molecular complexity index is 569. The maximum absolute atomic E-state index is 2.94. The van der Waals surface area contributed by atoms with Gasteiger partial charge in [-0.05, 0) is 42.2 Å². The molecule has 0 aliphatic carbocycles. The third-order valence-electron chi connectivity index (χ3n) is 3.82. The highest BCUT2D eigenvalue weighted by atomic mass is 79.9. The van der Waals surface area contributed by atoms with Crippen LogP contribution in [0.25, 0.3) is 0 Å². The lowest BCUT2D eigenvalue weighted by atomic mass is 10.4. The first-order valence-corrected chi connectivity index (χ1v) is 11.1. The molecule has 0 amide bonds. The van der Waals surface area contributed by atoms with Crippen LogP contribution in [-0.2, 0) is 0 Å². The molecular formula is C20H21BrP+. The average molecular weight is 372 g/mol. The first kappa shape index (κ1) is 16.9. The molecule has 3 rings (SSSR count). The minimum atomic E-state index is -1.53. The highest BCUT2D eigenvalue weighted by Gasteiger charge is 2.39. The normalized spacial score (nSPS) is 10.5. The van der Waals surface area contributed by atoms with Crippen molar-refractivity contribution in [3.05, 3.63) is 91.0 Å². The number of alkyl halides is 1. The first-order valence-electron chi connectivity index (χ1n) is 7.23. The second-order valence-corrected chi connectivity index (χ2v) is 8.57. The lowest BCUT2D eigenvalue weighted by molar-refractivity contribution is 1.72. The Hall–Kier alpha value is -1.43. The summed E-state index contributed by atoms with van der Waals surface area (Å²) < 4.78 is 0. The van der Waals surface area contributed by atoms with Crippen molar-refractivity contribution >= 4 is 39.1 Å². The summed E-state index contributed by atoms with van der Waals surface area (Å²) in [4.78, 5) is 0. The molecule has 0 spiro atoms. The lowest BCUT2D eigenvalue weighted by Crippen LogP contribution is -2.30. The van der Waals surface area contributed by atoms with E-state index in [2.05, 4.69) is 114 Å². The highest BCUT2D eigenvalue weighted by Crippen LogP contribution is 2.51. The summed E-state index contributed by atoms with van der Waals surface area (Å²) in [6.45, 7) is 2.41. The van der Waals surface area contributed by atoms with Crippen LogP contribution in [0.5, 0.6) is 0 Å². The molecule has 0 aliphatic rings. The fourth-order valence-corrected chi connectivity index (χ4v) is 5.83. The van der Waals surface area contributed by atoms with E-state index in [0.717, 1.165) is 0 Å². The van der Waals surface area contributed by atoms with E-state index in [1.54, 1.807) is 0 Å². The van der Waals surface area contributed by atoms with E-state index in [-0.39, 0.29) is 0 Å². The van der Waals surface area contributed by atoms with E-state index in [4.69, 9.17) is 0 Å². The molecule has 0 aliphatic heterocycles. The summed E-state index contributed by atoms with van der Waals surface area (Å²) in [5, 5.41) is 4.28. The molecule has 2 heteroatoms. The maximum Gasteiger partial charge on any atom is 0.109 e. The second-order valence-electron chi connectivity index (χ2n) is 5.01. The standard InChI is InChI=1S/C19H18P.CH3Br/c1-20(17-11-5-2-6-12-17,18-13-7-3-8-14-18)19-15-9-4-10-16-19;1-2/h2-16H,1H3;1H3/q+1;. The predicted molar refractivity (Wildman–Crippen MR) is 106 cm³/mol. The van der Waals surface area contributed by atoms with E-state index < -0.39 is 7.26 Å². The monoisotopic (exact) mass is 371 g/mol. The Morgan fingerprint density at radius 1 is 0.500 bits per heavy atom. The van der Waals surface area contributed by atoms with Crippen molar-refractivity contribution in [2.75, 3.05) is 12.5 Å².